The first-order valence-corrected chi connectivity index (χ1v) is 5.44. The number of hydrogen-bond donors (Lipinski definition) is 0. The van der Waals surface area contributed by atoms with Crippen LogP contribution in [0.2, 0.25) is 0 Å². The smallest absolute Gasteiger partial charge is 0.152 e. The van der Waals surface area contributed by atoms with Gasteiger partial charge in [0.05, 0.1) is 5.69 Å². The van der Waals surface area contributed by atoms with E-state index < -0.39 is 0 Å². The number of rotatable bonds is 2. The van der Waals surface area contributed by atoms with Crippen LogP contribution >= 0.6 is 11.3 Å². The molecule has 2 heterocycles. The van der Waals surface area contributed by atoms with Gasteiger partial charge in [0.1, 0.15) is 0 Å². The summed E-state index contributed by atoms with van der Waals surface area (Å²) in [5.74, 6) is 0. The van der Waals surface area contributed by atoms with Crippen molar-refractivity contribution >= 4 is 11.3 Å². The van der Waals surface area contributed by atoms with E-state index in [4.69, 9.17) is 0 Å². The molecule has 0 unspecified atom stereocenters. The van der Waals surface area contributed by atoms with E-state index in [0.717, 1.165) is 25.3 Å². The lowest BCUT2D eigenvalue weighted by Crippen LogP contribution is -2.43. The third kappa shape index (κ3) is 2.49. The summed E-state index contributed by atoms with van der Waals surface area (Å²) >= 11 is 1.56. The molecule has 0 bridgehead atoms. The molecule has 0 atom stereocenters. The topological polar surface area (TPSA) is 19.4 Å². The Morgan fingerprint density at radius 2 is 2.23 bits per heavy atom. The molecular formula is C9H14N3S. The van der Waals surface area contributed by atoms with Crippen molar-refractivity contribution in [1.82, 2.24) is 14.8 Å². The fraction of sp³-hybridized carbons (Fsp3) is 0.667. The Hall–Kier alpha value is -0.450. The normalized spacial score (nSPS) is 20.7. The van der Waals surface area contributed by atoms with Gasteiger partial charge in [0.2, 0.25) is 0 Å². The second-order valence-corrected chi connectivity index (χ2v) is 4.16. The minimum atomic E-state index is 0.994. The number of hydrogen-bond acceptors (Lipinski definition) is 4. The molecular weight excluding hydrogens is 182 g/mol. The zero-order chi connectivity index (χ0) is 9.10. The van der Waals surface area contributed by atoms with Crippen LogP contribution in [0.4, 0.5) is 0 Å². The number of aromatic nitrogens is 1. The van der Waals surface area contributed by atoms with E-state index in [1.807, 2.05) is 0 Å². The van der Waals surface area contributed by atoms with Crippen LogP contribution < -0.4 is 0 Å². The molecule has 2 rings (SSSR count). The molecule has 1 aromatic heterocycles. The predicted octanol–water partition coefficient (Wildman–Crippen LogP) is 0.691. The minimum Gasteiger partial charge on any atom is -0.304 e. The molecule has 13 heavy (non-hydrogen) atoms. The van der Waals surface area contributed by atoms with Crippen molar-refractivity contribution in [3.63, 3.8) is 0 Å². The zero-order valence-corrected chi connectivity index (χ0v) is 8.68. The third-order valence-corrected chi connectivity index (χ3v) is 3.01. The quantitative estimate of drug-likeness (QED) is 0.694. The maximum absolute atomic E-state index is 4.17. The molecule has 0 aromatic carbocycles. The molecule has 71 valence electrons. The molecule has 4 heteroatoms. The Morgan fingerprint density at radius 3 is 2.85 bits per heavy atom. The highest BCUT2D eigenvalue weighted by Crippen LogP contribution is 2.07. The van der Waals surface area contributed by atoms with Crippen LogP contribution in [0.25, 0.3) is 0 Å². The molecule has 1 aliphatic rings. The predicted molar refractivity (Wildman–Crippen MR) is 53.7 cm³/mol. The second-order valence-electron chi connectivity index (χ2n) is 3.51. The van der Waals surface area contributed by atoms with Gasteiger partial charge in [0.25, 0.3) is 0 Å². The zero-order valence-electron chi connectivity index (χ0n) is 7.86. The summed E-state index contributed by atoms with van der Waals surface area (Å²) in [6, 6.07) is 0. The Morgan fingerprint density at radius 1 is 1.46 bits per heavy atom. The van der Waals surface area contributed by atoms with E-state index in [1.54, 1.807) is 11.3 Å². The number of piperazine rings is 1. The standard InChI is InChI=1S/C9H14N3S/c1-11-2-4-12(5-3-11)6-9-7-13-8-10-9/h7H,2-6H2,1H3. The van der Waals surface area contributed by atoms with Gasteiger partial charge >= 0.3 is 0 Å². The molecule has 1 radical (unpaired) electrons. The average Bonchev–Trinajstić information content (AvgIpc) is 2.62. The van der Waals surface area contributed by atoms with E-state index >= 15 is 0 Å². The number of likely N-dealkylation sites (N-methyl/N-ethyl adjacent to an activating group) is 1. The summed E-state index contributed by atoms with van der Waals surface area (Å²) in [6.45, 7) is 5.66. The van der Waals surface area contributed by atoms with Crippen molar-refractivity contribution in [3.8, 4) is 0 Å². The van der Waals surface area contributed by atoms with Gasteiger partial charge in [0.15, 0.2) is 5.51 Å². The average molecular weight is 196 g/mol. The fourth-order valence-corrected chi connectivity index (χ4v) is 2.00. The van der Waals surface area contributed by atoms with E-state index in [-0.39, 0.29) is 0 Å². The lowest BCUT2D eigenvalue weighted by Gasteiger charge is -2.31. The molecule has 0 N–H and O–H groups in total. The van der Waals surface area contributed by atoms with Gasteiger partial charge in [-0.05, 0) is 7.05 Å². The van der Waals surface area contributed by atoms with E-state index in [2.05, 4.69) is 32.7 Å². The Labute approximate surface area is 83.0 Å². The summed E-state index contributed by atoms with van der Waals surface area (Å²) in [5.41, 5.74) is 4.04. The van der Waals surface area contributed by atoms with Crippen LogP contribution in [0.15, 0.2) is 5.38 Å². The van der Waals surface area contributed by atoms with Gasteiger partial charge < -0.3 is 4.90 Å². The van der Waals surface area contributed by atoms with Crippen LogP contribution in [0.3, 0.4) is 0 Å². The first-order chi connectivity index (χ1) is 6.34. The summed E-state index contributed by atoms with van der Waals surface area (Å²) in [7, 11) is 2.17. The van der Waals surface area contributed by atoms with Crippen molar-refractivity contribution in [2.24, 2.45) is 0 Å². The van der Waals surface area contributed by atoms with Crippen LogP contribution in [0.1, 0.15) is 5.69 Å². The largest absolute Gasteiger partial charge is 0.304 e. The Bertz CT molecular complexity index is 239. The van der Waals surface area contributed by atoms with Crippen LogP contribution in [0.5, 0.6) is 0 Å². The maximum Gasteiger partial charge on any atom is 0.152 e. The number of thiazole rings is 1. The molecule has 0 aliphatic carbocycles. The molecule has 0 amide bonds. The van der Waals surface area contributed by atoms with Gasteiger partial charge in [-0.3, -0.25) is 4.90 Å². The van der Waals surface area contributed by atoms with Gasteiger partial charge in [-0.25, -0.2) is 4.98 Å². The monoisotopic (exact) mass is 196 g/mol. The van der Waals surface area contributed by atoms with Crippen molar-refractivity contribution in [3.05, 3.63) is 16.6 Å². The van der Waals surface area contributed by atoms with Crippen molar-refractivity contribution in [2.75, 3.05) is 33.2 Å². The van der Waals surface area contributed by atoms with Crippen molar-refractivity contribution in [1.29, 1.82) is 0 Å². The van der Waals surface area contributed by atoms with Crippen molar-refractivity contribution in [2.45, 2.75) is 6.54 Å². The van der Waals surface area contributed by atoms with Gasteiger partial charge in [-0.15, -0.1) is 11.3 Å². The Balaban J connectivity index is 1.83. The Kier molecular flexibility index (Phi) is 2.93. The van der Waals surface area contributed by atoms with E-state index in [1.165, 1.54) is 13.1 Å². The van der Waals surface area contributed by atoms with Crippen LogP contribution in [-0.4, -0.2) is 48.0 Å². The highest BCUT2D eigenvalue weighted by molar-refractivity contribution is 7.07. The molecule has 0 saturated carbocycles. The molecule has 0 spiro atoms. The first-order valence-electron chi connectivity index (χ1n) is 4.56. The van der Waals surface area contributed by atoms with E-state index in [9.17, 15) is 0 Å². The summed E-state index contributed by atoms with van der Waals surface area (Å²) < 4.78 is 0. The molecule has 3 nitrogen and oxygen atoms in total. The molecule has 1 saturated heterocycles. The lowest BCUT2D eigenvalue weighted by molar-refractivity contribution is 0.147. The highest BCUT2D eigenvalue weighted by Gasteiger charge is 2.14. The summed E-state index contributed by atoms with van der Waals surface area (Å²) in [6.07, 6.45) is 0. The fourth-order valence-electron chi connectivity index (χ4n) is 1.51. The van der Waals surface area contributed by atoms with Crippen LogP contribution in [0, 0.1) is 5.51 Å². The van der Waals surface area contributed by atoms with E-state index in [0.29, 0.717) is 0 Å². The minimum absolute atomic E-state index is 0.994. The van der Waals surface area contributed by atoms with Crippen LogP contribution in [-0.2, 0) is 6.54 Å². The molecule has 1 fully saturated rings. The lowest BCUT2D eigenvalue weighted by atomic mass is 10.3. The van der Waals surface area contributed by atoms with Gasteiger partial charge in [-0.2, -0.15) is 0 Å². The second kappa shape index (κ2) is 4.17. The highest BCUT2D eigenvalue weighted by atomic mass is 32.1. The third-order valence-electron chi connectivity index (χ3n) is 2.42. The van der Waals surface area contributed by atoms with Gasteiger partial charge in [-0.1, -0.05) is 0 Å². The van der Waals surface area contributed by atoms with Gasteiger partial charge in [0, 0.05) is 38.1 Å². The molecule has 1 aromatic rings. The van der Waals surface area contributed by atoms with Crippen molar-refractivity contribution < 1.29 is 0 Å². The number of nitrogens with zero attached hydrogens (tertiary/aromatic N) is 3. The maximum atomic E-state index is 4.17. The first kappa shape index (κ1) is 9.12. The molecule has 1 aliphatic heterocycles. The summed E-state index contributed by atoms with van der Waals surface area (Å²) in [4.78, 5) is 8.98. The summed E-state index contributed by atoms with van der Waals surface area (Å²) in [5, 5.41) is 2.08. The SMILES string of the molecule is CN1CCN(Cc2cs[c]n2)CC1.